The maximum absolute atomic E-state index is 11.6. The topological polar surface area (TPSA) is 74.2 Å². The van der Waals surface area contributed by atoms with Crippen molar-refractivity contribution in [2.75, 3.05) is 33.3 Å². The Morgan fingerprint density at radius 2 is 1.96 bits per heavy atom. The number of guanidine groups is 1. The van der Waals surface area contributed by atoms with Gasteiger partial charge in [-0.2, -0.15) is 0 Å². The highest BCUT2D eigenvalue weighted by Crippen LogP contribution is 2.19. The zero-order valence-electron chi connectivity index (χ0n) is 15.8. The van der Waals surface area contributed by atoms with Crippen molar-refractivity contribution in [2.45, 2.75) is 32.8 Å². The SMILES string of the molecule is CCNC(=NCC(O)c1ccc(C)cc1)N1CCC(C(=O)OC)CC1.I. The largest absolute Gasteiger partial charge is 0.469 e. The predicted octanol–water partition coefficient (Wildman–Crippen LogP) is 2.50. The van der Waals surface area contributed by atoms with Gasteiger partial charge in [0.2, 0.25) is 0 Å². The van der Waals surface area contributed by atoms with Gasteiger partial charge in [-0.05, 0) is 32.3 Å². The molecular formula is C19H30IN3O3. The van der Waals surface area contributed by atoms with Crippen molar-refractivity contribution in [1.29, 1.82) is 0 Å². The van der Waals surface area contributed by atoms with Crippen molar-refractivity contribution in [3.8, 4) is 0 Å². The summed E-state index contributed by atoms with van der Waals surface area (Å²) in [6, 6.07) is 7.85. The van der Waals surface area contributed by atoms with Gasteiger partial charge in [0, 0.05) is 19.6 Å². The smallest absolute Gasteiger partial charge is 0.308 e. The number of aliphatic hydroxyl groups is 1. The molecule has 1 atom stereocenters. The maximum Gasteiger partial charge on any atom is 0.308 e. The molecule has 1 saturated heterocycles. The van der Waals surface area contributed by atoms with E-state index in [1.54, 1.807) is 0 Å². The molecule has 0 aliphatic carbocycles. The number of carbonyl (C=O) groups is 1. The molecule has 0 spiro atoms. The van der Waals surface area contributed by atoms with Crippen LogP contribution < -0.4 is 5.32 Å². The predicted molar refractivity (Wildman–Crippen MR) is 114 cm³/mol. The van der Waals surface area contributed by atoms with Crippen molar-refractivity contribution in [2.24, 2.45) is 10.9 Å². The van der Waals surface area contributed by atoms with Crippen molar-refractivity contribution in [3.05, 3.63) is 35.4 Å². The van der Waals surface area contributed by atoms with Crippen molar-refractivity contribution >= 4 is 35.9 Å². The molecule has 1 aromatic rings. The number of aliphatic hydroxyl groups excluding tert-OH is 1. The van der Waals surface area contributed by atoms with Crippen LogP contribution in [0.2, 0.25) is 0 Å². The molecule has 1 unspecified atom stereocenters. The molecule has 0 bridgehead atoms. The van der Waals surface area contributed by atoms with Crippen LogP contribution in [-0.2, 0) is 9.53 Å². The summed E-state index contributed by atoms with van der Waals surface area (Å²) < 4.78 is 4.83. The first-order valence-electron chi connectivity index (χ1n) is 8.90. The highest BCUT2D eigenvalue weighted by molar-refractivity contribution is 14.0. The molecule has 1 aromatic carbocycles. The fourth-order valence-electron chi connectivity index (χ4n) is 2.99. The molecule has 0 radical (unpaired) electrons. The maximum atomic E-state index is 11.6. The van der Waals surface area contributed by atoms with Crippen molar-refractivity contribution in [1.82, 2.24) is 10.2 Å². The molecule has 0 amide bonds. The van der Waals surface area contributed by atoms with Gasteiger partial charge >= 0.3 is 5.97 Å². The van der Waals surface area contributed by atoms with Gasteiger partial charge in [0.15, 0.2) is 5.96 Å². The number of carbonyl (C=O) groups excluding carboxylic acids is 1. The van der Waals surface area contributed by atoms with E-state index in [-0.39, 0.29) is 35.9 Å². The quantitative estimate of drug-likeness (QED) is 0.296. The molecule has 2 N–H and O–H groups in total. The normalized spacial score (nSPS) is 16.6. The van der Waals surface area contributed by atoms with Gasteiger partial charge in [0.25, 0.3) is 0 Å². The molecule has 2 rings (SSSR count). The third-order valence-corrected chi connectivity index (χ3v) is 4.54. The van der Waals surface area contributed by atoms with Gasteiger partial charge in [-0.15, -0.1) is 24.0 Å². The first kappa shape index (κ1) is 22.7. The van der Waals surface area contributed by atoms with Gasteiger partial charge in [-0.1, -0.05) is 29.8 Å². The summed E-state index contributed by atoms with van der Waals surface area (Å²) in [6.07, 6.45) is 0.900. The number of benzene rings is 1. The summed E-state index contributed by atoms with van der Waals surface area (Å²) in [5.41, 5.74) is 2.04. The third kappa shape index (κ3) is 6.42. The molecule has 1 aliphatic heterocycles. The molecule has 1 fully saturated rings. The number of hydrogen-bond acceptors (Lipinski definition) is 4. The zero-order valence-corrected chi connectivity index (χ0v) is 18.1. The lowest BCUT2D eigenvalue weighted by Gasteiger charge is -2.33. The van der Waals surface area contributed by atoms with Crippen LogP contribution in [0.4, 0.5) is 0 Å². The number of esters is 1. The lowest BCUT2D eigenvalue weighted by Crippen LogP contribution is -2.46. The van der Waals surface area contributed by atoms with Crippen LogP contribution in [0.5, 0.6) is 0 Å². The Hall–Kier alpha value is -1.35. The summed E-state index contributed by atoms with van der Waals surface area (Å²) in [5, 5.41) is 13.6. The Balaban J connectivity index is 0.00000338. The summed E-state index contributed by atoms with van der Waals surface area (Å²) in [5.74, 6) is 0.635. The lowest BCUT2D eigenvalue weighted by molar-refractivity contribution is -0.146. The first-order chi connectivity index (χ1) is 12.0. The zero-order chi connectivity index (χ0) is 18.2. The molecule has 0 aromatic heterocycles. The van der Waals surface area contributed by atoms with Crippen LogP contribution in [0.3, 0.4) is 0 Å². The third-order valence-electron chi connectivity index (χ3n) is 4.54. The van der Waals surface area contributed by atoms with Gasteiger partial charge in [0.1, 0.15) is 0 Å². The summed E-state index contributed by atoms with van der Waals surface area (Å²) in [7, 11) is 1.44. The summed E-state index contributed by atoms with van der Waals surface area (Å²) in [4.78, 5) is 18.4. The molecular weight excluding hydrogens is 445 g/mol. The second kappa shape index (κ2) is 11.4. The number of nitrogens with one attached hydrogen (secondary N) is 1. The van der Waals surface area contributed by atoms with Crippen LogP contribution >= 0.6 is 24.0 Å². The van der Waals surface area contributed by atoms with E-state index >= 15 is 0 Å². The van der Waals surface area contributed by atoms with E-state index in [4.69, 9.17) is 4.74 Å². The lowest BCUT2D eigenvalue weighted by atomic mass is 9.97. The number of halogens is 1. The van der Waals surface area contributed by atoms with E-state index in [1.807, 2.05) is 38.1 Å². The summed E-state index contributed by atoms with van der Waals surface area (Å²) in [6.45, 7) is 6.62. The van der Waals surface area contributed by atoms with Crippen LogP contribution in [0, 0.1) is 12.8 Å². The Bertz CT molecular complexity index is 584. The van der Waals surface area contributed by atoms with Gasteiger partial charge in [-0.25, -0.2) is 0 Å². The van der Waals surface area contributed by atoms with Crippen molar-refractivity contribution in [3.63, 3.8) is 0 Å². The average molecular weight is 475 g/mol. The van der Waals surface area contributed by atoms with E-state index in [0.29, 0.717) is 6.54 Å². The molecule has 26 heavy (non-hydrogen) atoms. The molecule has 0 saturated carbocycles. The fraction of sp³-hybridized carbons (Fsp3) is 0.579. The Kier molecular flexibility index (Phi) is 9.93. The number of aryl methyl sites for hydroxylation is 1. The Morgan fingerprint density at radius 3 is 2.50 bits per heavy atom. The number of rotatable bonds is 5. The number of piperidine rings is 1. The van der Waals surface area contributed by atoms with E-state index < -0.39 is 6.10 Å². The second-order valence-corrected chi connectivity index (χ2v) is 6.41. The standard InChI is InChI=1S/C19H29N3O3.HI/c1-4-20-19(22-11-9-16(10-12-22)18(24)25-3)21-13-17(23)15-7-5-14(2)6-8-15;/h5-8,16-17,23H,4,9-13H2,1-3H3,(H,20,21);1H. The molecule has 6 nitrogen and oxygen atoms in total. The van der Waals surface area contributed by atoms with E-state index in [2.05, 4.69) is 15.2 Å². The number of methoxy groups -OCH3 is 1. The highest BCUT2D eigenvalue weighted by atomic mass is 127. The minimum Gasteiger partial charge on any atom is -0.469 e. The second-order valence-electron chi connectivity index (χ2n) is 6.41. The number of aliphatic imine (C=N–C) groups is 1. The number of likely N-dealkylation sites (tertiary alicyclic amines) is 1. The molecule has 1 aliphatic rings. The highest BCUT2D eigenvalue weighted by Gasteiger charge is 2.27. The molecule has 7 heteroatoms. The Labute approximate surface area is 173 Å². The number of hydrogen-bond donors (Lipinski definition) is 2. The van der Waals surface area contributed by atoms with Crippen LogP contribution in [-0.4, -0.2) is 55.2 Å². The van der Waals surface area contributed by atoms with Gasteiger partial charge < -0.3 is 20.1 Å². The average Bonchev–Trinajstić information content (AvgIpc) is 2.65. The minimum absolute atomic E-state index is 0. The van der Waals surface area contributed by atoms with E-state index in [1.165, 1.54) is 12.7 Å². The molecule has 146 valence electrons. The van der Waals surface area contributed by atoms with E-state index in [9.17, 15) is 9.90 Å². The van der Waals surface area contributed by atoms with Gasteiger partial charge in [0.05, 0.1) is 25.7 Å². The van der Waals surface area contributed by atoms with Crippen LogP contribution in [0.25, 0.3) is 0 Å². The van der Waals surface area contributed by atoms with Crippen molar-refractivity contribution < 1.29 is 14.6 Å². The summed E-state index contributed by atoms with van der Waals surface area (Å²) >= 11 is 0. The Morgan fingerprint density at radius 1 is 1.35 bits per heavy atom. The first-order valence-corrected chi connectivity index (χ1v) is 8.90. The monoisotopic (exact) mass is 475 g/mol. The van der Waals surface area contributed by atoms with Crippen LogP contribution in [0.15, 0.2) is 29.3 Å². The number of nitrogens with zero attached hydrogens (tertiary/aromatic N) is 2. The van der Waals surface area contributed by atoms with Crippen LogP contribution in [0.1, 0.15) is 37.0 Å². The molecule has 1 heterocycles. The number of ether oxygens (including phenoxy) is 1. The fourth-order valence-corrected chi connectivity index (χ4v) is 2.99. The van der Waals surface area contributed by atoms with Gasteiger partial charge in [-0.3, -0.25) is 9.79 Å². The van der Waals surface area contributed by atoms with E-state index in [0.717, 1.165) is 44.0 Å². The minimum atomic E-state index is -0.623.